The molecule has 0 aliphatic carbocycles. The Morgan fingerprint density at radius 3 is 2.46 bits per heavy atom. The molecule has 1 aromatic carbocycles. The minimum absolute atomic E-state index is 0.0193. The Kier molecular flexibility index (Phi) is 10.5. The molecule has 2 aromatic rings. The zero-order chi connectivity index (χ0) is 28.7. The van der Waals surface area contributed by atoms with E-state index in [1.165, 1.54) is 14.2 Å². The molecule has 1 aliphatic heterocycles. The fourth-order valence-electron chi connectivity index (χ4n) is 4.65. The maximum absolute atomic E-state index is 13.2. The number of nitrogens with zero attached hydrogens (tertiary/aromatic N) is 4. The van der Waals surface area contributed by atoms with Crippen LogP contribution in [0.15, 0.2) is 18.2 Å². The molecule has 3 rings (SSSR count). The summed E-state index contributed by atoms with van der Waals surface area (Å²) in [6, 6.07) is 5.82. The molecule has 2 heterocycles. The number of hydrogen-bond acceptors (Lipinski definition) is 9. The lowest BCUT2D eigenvalue weighted by Gasteiger charge is -2.41. The maximum Gasteiger partial charge on any atom is 0.452 e. The molecule has 1 fully saturated rings. The number of esters is 1. The van der Waals surface area contributed by atoms with Gasteiger partial charge in [-0.25, -0.2) is 0 Å². The van der Waals surface area contributed by atoms with Crippen molar-refractivity contribution in [1.82, 2.24) is 14.3 Å². The number of amides is 1. The van der Waals surface area contributed by atoms with Crippen molar-refractivity contribution in [3.05, 3.63) is 29.6 Å². The van der Waals surface area contributed by atoms with Gasteiger partial charge in [0.05, 0.1) is 24.9 Å². The van der Waals surface area contributed by atoms with Crippen LogP contribution in [0.3, 0.4) is 0 Å². The third-order valence-corrected chi connectivity index (χ3v) is 7.24. The van der Waals surface area contributed by atoms with Crippen LogP contribution in [0.2, 0.25) is 0 Å². The van der Waals surface area contributed by atoms with Gasteiger partial charge in [-0.2, -0.15) is 22.5 Å². The van der Waals surface area contributed by atoms with E-state index in [4.69, 9.17) is 9.47 Å². The molecule has 39 heavy (non-hydrogen) atoms. The Morgan fingerprint density at radius 2 is 1.90 bits per heavy atom. The first-order chi connectivity index (χ1) is 18.4. The van der Waals surface area contributed by atoms with Crippen LogP contribution in [0.1, 0.15) is 57.3 Å². The van der Waals surface area contributed by atoms with E-state index in [-0.39, 0.29) is 42.0 Å². The molecule has 0 saturated carbocycles. The third kappa shape index (κ3) is 8.28. The molecule has 13 heteroatoms. The Morgan fingerprint density at radius 1 is 1.21 bits per heavy atom. The first-order valence-corrected chi connectivity index (χ1v) is 13.6. The minimum atomic E-state index is -4.64. The van der Waals surface area contributed by atoms with Gasteiger partial charge in [0.25, 0.3) is 0 Å². The van der Waals surface area contributed by atoms with E-state index >= 15 is 0 Å². The van der Waals surface area contributed by atoms with Crippen molar-refractivity contribution >= 4 is 39.9 Å². The van der Waals surface area contributed by atoms with Gasteiger partial charge in [0.1, 0.15) is 6.61 Å². The molecule has 1 atom stereocenters. The molecular weight excluding hydrogens is 535 g/mol. The van der Waals surface area contributed by atoms with Crippen molar-refractivity contribution in [3.63, 3.8) is 0 Å². The van der Waals surface area contributed by atoms with Crippen molar-refractivity contribution in [1.29, 1.82) is 0 Å². The summed E-state index contributed by atoms with van der Waals surface area (Å²) in [5.74, 6) is -1.48. The molecule has 0 radical (unpaired) electrons. The number of likely N-dealkylation sites (tertiary alicyclic amines) is 1. The van der Waals surface area contributed by atoms with Crippen molar-refractivity contribution in [2.75, 3.05) is 50.7 Å². The van der Waals surface area contributed by atoms with Crippen LogP contribution in [-0.2, 0) is 25.2 Å². The number of carbonyl (C=O) groups is 2. The molecule has 0 bridgehead atoms. The van der Waals surface area contributed by atoms with Gasteiger partial charge in [0.15, 0.2) is 0 Å². The van der Waals surface area contributed by atoms with E-state index in [0.29, 0.717) is 42.8 Å². The van der Waals surface area contributed by atoms with Gasteiger partial charge in [0, 0.05) is 44.3 Å². The number of ether oxygens (including phenoxy) is 2. The molecule has 9 nitrogen and oxygen atoms in total. The van der Waals surface area contributed by atoms with Gasteiger partial charge >= 0.3 is 12.1 Å². The first-order valence-electron chi connectivity index (χ1n) is 12.8. The van der Waals surface area contributed by atoms with Crippen molar-refractivity contribution < 1.29 is 32.2 Å². The number of carbonyl (C=O) groups excluding carboxylic acids is 2. The molecule has 216 valence electrons. The smallest absolute Gasteiger partial charge is 0.452 e. The Balaban J connectivity index is 1.96. The predicted octanol–water partition coefficient (Wildman–Crippen LogP) is 5.07. The van der Waals surface area contributed by atoms with Crippen LogP contribution >= 0.6 is 11.5 Å². The second kappa shape index (κ2) is 13.4. The monoisotopic (exact) mass is 571 g/mol. The second-order valence-corrected chi connectivity index (χ2v) is 10.8. The number of rotatable bonds is 11. The average molecular weight is 572 g/mol. The summed E-state index contributed by atoms with van der Waals surface area (Å²) in [5, 5.41) is 3.09. The lowest BCUT2D eigenvalue weighted by atomic mass is 9.95. The fraction of sp³-hybridized carbons (Fsp3) is 0.615. The van der Waals surface area contributed by atoms with Crippen LogP contribution in [0.5, 0.6) is 0 Å². The highest BCUT2D eigenvalue weighted by molar-refractivity contribution is 7.09. The number of piperidine rings is 1. The average Bonchev–Trinajstić information content (AvgIpc) is 3.37. The largest absolute Gasteiger partial charge is 0.469 e. The molecule has 0 spiro atoms. The number of benzene rings is 1. The highest BCUT2D eigenvalue weighted by Gasteiger charge is 2.36. The second-order valence-electron chi connectivity index (χ2n) is 10.1. The number of alkyl halides is 3. The van der Waals surface area contributed by atoms with E-state index in [2.05, 4.69) is 33.4 Å². The Labute approximate surface area is 230 Å². The zero-order valence-electron chi connectivity index (χ0n) is 22.9. The zero-order valence-corrected chi connectivity index (χ0v) is 23.7. The van der Waals surface area contributed by atoms with Crippen LogP contribution in [0.4, 0.5) is 29.7 Å². The summed E-state index contributed by atoms with van der Waals surface area (Å²) in [7, 11) is 2.83. The number of methoxy groups -OCH3 is 2. The summed E-state index contributed by atoms with van der Waals surface area (Å²) in [6.07, 6.45) is -3.01. The van der Waals surface area contributed by atoms with Crippen LogP contribution in [0.25, 0.3) is 0 Å². The molecule has 1 N–H and O–H groups in total. The Hall–Kier alpha value is -2.93. The number of aromatic nitrogens is 2. The van der Waals surface area contributed by atoms with Gasteiger partial charge in [0.2, 0.25) is 16.9 Å². The fourth-order valence-corrected chi connectivity index (χ4v) is 5.25. The number of anilines is 3. The van der Waals surface area contributed by atoms with Crippen molar-refractivity contribution in [3.8, 4) is 0 Å². The van der Waals surface area contributed by atoms with E-state index in [0.717, 1.165) is 24.1 Å². The topological polar surface area (TPSA) is 96.9 Å². The quantitative estimate of drug-likeness (QED) is 0.374. The minimum Gasteiger partial charge on any atom is -0.469 e. The summed E-state index contributed by atoms with van der Waals surface area (Å²) < 4.78 is 52.7. The normalized spacial score (nSPS) is 15.4. The molecular formula is C26H36F3N5O4S. The van der Waals surface area contributed by atoms with Crippen LogP contribution in [-0.4, -0.2) is 72.6 Å². The summed E-state index contributed by atoms with van der Waals surface area (Å²) in [4.78, 5) is 31.9. The number of hydrogen-bond donors (Lipinski definition) is 1. The van der Waals surface area contributed by atoms with E-state index in [9.17, 15) is 22.8 Å². The predicted molar refractivity (Wildman–Crippen MR) is 143 cm³/mol. The molecule has 1 aliphatic rings. The number of halogens is 3. The Bertz CT molecular complexity index is 1120. The molecule has 1 aromatic heterocycles. The van der Waals surface area contributed by atoms with Crippen LogP contribution in [0, 0.1) is 5.92 Å². The summed E-state index contributed by atoms with van der Waals surface area (Å²) >= 11 is 0.637. The summed E-state index contributed by atoms with van der Waals surface area (Å²) in [6.45, 7) is 8.01. The first kappa shape index (κ1) is 30.6. The standard InChI is InChI=1S/C26H36F3N5O4S/c1-16(2)14-34(19-8-10-33(11-9-19)22(35)15-37-4)21-7-6-18(17(3)12-23(36)38-5)13-20(21)30-25-31-24(32-39-25)26(27,28)29/h6-7,13,16-17,19H,8-12,14-15H2,1-5H3,(H,30,31,32)/t17-/m1/s1. The lowest BCUT2D eigenvalue weighted by molar-refractivity contribution is -0.144. The third-order valence-electron chi connectivity index (χ3n) is 6.61. The lowest BCUT2D eigenvalue weighted by Crippen LogP contribution is -2.48. The molecule has 1 amide bonds. The van der Waals surface area contributed by atoms with Gasteiger partial charge in [-0.05, 0) is 42.4 Å². The van der Waals surface area contributed by atoms with Crippen LogP contribution < -0.4 is 10.2 Å². The SMILES string of the molecule is COCC(=O)N1CCC(N(CC(C)C)c2ccc([C@H](C)CC(=O)OC)cc2Nc2nc(C(F)(F)F)ns2)CC1. The van der Waals surface area contributed by atoms with Gasteiger partial charge in [-0.15, -0.1) is 0 Å². The molecule has 1 saturated heterocycles. The van der Waals surface area contributed by atoms with E-state index < -0.39 is 12.0 Å². The number of nitrogens with one attached hydrogen (secondary N) is 1. The highest BCUT2D eigenvalue weighted by atomic mass is 32.1. The van der Waals surface area contributed by atoms with Gasteiger partial charge in [-0.1, -0.05) is 26.8 Å². The van der Waals surface area contributed by atoms with E-state index in [1.807, 2.05) is 25.1 Å². The van der Waals surface area contributed by atoms with Crippen molar-refractivity contribution in [2.45, 2.75) is 58.2 Å². The van der Waals surface area contributed by atoms with Crippen molar-refractivity contribution in [2.24, 2.45) is 5.92 Å². The molecule has 0 unspecified atom stereocenters. The van der Waals surface area contributed by atoms with Gasteiger partial charge < -0.3 is 24.6 Å². The van der Waals surface area contributed by atoms with E-state index in [1.54, 1.807) is 4.90 Å². The highest BCUT2D eigenvalue weighted by Crippen LogP contribution is 2.37. The van der Waals surface area contributed by atoms with Gasteiger partial charge in [-0.3, -0.25) is 9.59 Å². The maximum atomic E-state index is 13.2. The summed E-state index contributed by atoms with van der Waals surface area (Å²) in [5.41, 5.74) is 2.22.